The summed E-state index contributed by atoms with van der Waals surface area (Å²) in [5, 5.41) is 3.83. The van der Waals surface area contributed by atoms with E-state index in [1.54, 1.807) is 38.3 Å². The van der Waals surface area contributed by atoms with Gasteiger partial charge in [0.2, 0.25) is 5.91 Å². The number of anilines is 1. The van der Waals surface area contributed by atoms with Crippen LogP contribution in [0.15, 0.2) is 82.3 Å². The summed E-state index contributed by atoms with van der Waals surface area (Å²) >= 11 is 1.66. The summed E-state index contributed by atoms with van der Waals surface area (Å²) in [5.74, 6) is 1.19. The van der Waals surface area contributed by atoms with E-state index in [9.17, 15) is 4.79 Å². The van der Waals surface area contributed by atoms with Crippen molar-refractivity contribution in [3.05, 3.63) is 78.6 Å². The highest BCUT2D eigenvalue weighted by atomic mass is 32.2. The molecule has 168 valence electrons. The highest BCUT2D eigenvalue weighted by molar-refractivity contribution is 7.98. The lowest BCUT2D eigenvalue weighted by molar-refractivity contribution is -0.111. The average Bonchev–Trinajstić information content (AvgIpc) is 3.26. The predicted octanol–water partition coefficient (Wildman–Crippen LogP) is 6.88. The molecule has 3 aromatic carbocycles. The van der Waals surface area contributed by atoms with Crippen LogP contribution in [0, 0.1) is 0 Å². The number of carbonyl (C=O) groups is 1. The van der Waals surface area contributed by atoms with E-state index in [-0.39, 0.29) is 5.91 Å². The summed E-state index contributed by atoms with van der Waals surface area (Å²) < 4.78 is 17.0. The number of hydrogen-bond donors (Lipinski definition) is 1. The number of nitrogens with one attached hydrogen (secondary N) is 1. The Morgan fingerprint density at radius 3 is 2.39 bits per heavy atom. The normalized spacial score (nSPS) is 11.5. The van der Waals surface area contributed by atoms with E-state index >= 15 is 0 Å². The fourth-order valence-corrected chi connectivity index (χ4v) is 4.14. The predicted molar refractivity (Wildman–Crippen MR) is 135 cm³/mol. The number of carbonyl (C=O) groups excluding carboxylic acids is 1. The van der Waals surface area contributed by atoms with Crippen LogP contribution < -0.4 is 14.8 Å². The molecule has 1 heterocycles. The summed E-state index contributed by atoms with van der Waals surface area (Å²) in [4.78, 5) is 13.8. The maximum Gasteiger partial charge on any atom is 0.248 e. The average molecular weight is 460 g/mol. The zero-order chi connectivity index (χ0) is 23.4. The van der Waals surface area contributed by atoms with Crippen LogP contribution in [0.3, 0.4) is 0 Å². The molecule has 1 aromatic heterocycles. The third-order valence-electron chi connectivity index (χ3n) is 5.42. The Balaban J connectivity index is 1.70. The third kappa shape index (κ3) is 4.76. The van der Waals surface area contributed by atoms with Crippen molar-refractivity contribution in [1.82, 2.24) is 0 Å². The van der Waals surface area contributed by atoms with Gasteiger partial charge in [-0.25, -0.2) is 0 Å². The van der Waals surface area contributed by atoms with Gasteiger partial charge in [-0.3, -0.25) is 4.79 Å². The van der Waals surface area contributed by atoms with E-state index in [4.69, 9.17) is 13.9 Å². The van der Waals surface area contributed by atoms with E-state index in [0.29, 0.717) is 11.3 Å². The Morgan fingerprint density at radius 1 is 0.970 bits per heavy atom. The molecule has 0 atom stereocenters. The molecule has 1 amide bonds. The van der Waals surface area contributed by atoms with Gasteiger partial charge in [0.05, 0.1) is 20.5 Å². The number of thioether (sulfide) groups is 1. The number of amides is 1. The fraction of sp³-hybridized carbons (Fsp3) is 0.148. The molecule has 0 fully saturated rings. The lowest BCUT2D eigenvalue weighted by Crippen LogP contribution is -2.08. The second kappa shape index (κ2) is 9.88. The molecule has 0 aliphatic carbocycles. The number of para-hydroxylation sites is 1. The van der Waals surface area contributed by atoms with Gasteiger partial charge in [0.25, 0.3) is 0 Å². The van der Waals surface area contributed by atoms with Crippen molar-refractivity contribution in [3.8, 4) is 22.6 Å². The Morgan fingerprint density at radius 2 is 1.70 bits per heavy atom. The lowest BCUT2D eigenvalue weighted by Gasteiger charge is -2.11. The number of benzene rings is 3. The number of methoxy groups -OCH3 is 2. The Hall–Kier alpha value is -3.64. The van der Waals surface area contributed by atoms with Gasteiger partial charge in [-0.15, -0.1) is 11.8 Å². The third-order valence-corrected chi connectivity index (χ3v) is 6.17. The Kier molecular flexibility index (Phi) is 6.75. The lowest BCUT2D eigenvalue weighted by atomic mass is 9.98. The van der Waals surface area contributed by atoms with Gasteiger partial charge in [0, 0.05) is 44.8 Å². The maximum absolute atomic E-state index is 12.7. The van der Waals surface area contributed by atoms with Crippen molar-refractivity contribution in [1.29, 1.82) is 0 Å². The molecule has 0 saturated carbocycles. The van der Waals surface area contributed by atoms with Crippen molar-refractivity contribution >= 4 is 39.9 Å². The number of fused-ring (bicyclic) bond motifs is 1. The number of hydrogen-bond acceptors (Lipinski definition) is 5. The summed E-state index contributed by atoms with van der Waals surface area (Å²) in [6.45, 7) is 1.89. The zero-order valence-corrected chi connectivity index (χ0v) is 19.8. The van der Waals surface area contributed by atoms with E-state index in [1.807, 2.05) is 73.8 Å². The molecule has 0 spiro atoms. The first-order chi connectivity index (χ1) is 16.0. The smallest absolute Gasteiger partial charge is 0.248 e. The molecule has 1 N–H and O–H groups in total. The van der Waals surface area contributed by atoms with E-state index in [2.05, 4.69) is 5.32 Å². The second-order valence-electron chi connectivity index (χ2n) is 7.44. The number of furan rings is 1. The first-order valence-electron chi connectivity index (χ1n) is 10.4. The van der Waals surface area contributed by atoms with Crippen LogP contribution in [-0.4, -0.2) is 26.4 Å². The van der Waals surface area contributed by atoms with Gasteiger partial charge in [0.1, 0.15) is 17.1 Å². The molecule has 6 heteroatoms. The van der Waals surface area contributed by atoms with Crippen molar-refractivity contribution in [2.45, 2.75) is 11.8 Å². The van der Waals surface area contributed by atoms with Crippen molar-refractivity contribution in [2.75, 3.05) is 25.8 Å². The van der Waals surface area contributed by atoms with Crippen LogP contribution in [-0.2, 0) is 4.79 Å². The largest absolute Gasteiger partial charge is 0.496 e. The Labute approximate surface area is 197 Å². The minimum absolute atomic E-state index is 0.205. The molecule has 33 heavy (non-hydrogen) atoms. The molecule has 0 unspecified atom stereocenters. The number of allylic oxidation sites excluding steroid dienone is 1. The van der Waals surface area contributed by atoms with Crippen LogP contribution in [0.25, 0.3) is 27.7 Å². The molecule has 0 bridgehead atoms. The number of rotatable bonds is 7. The molecular weight excluding hydrogens is 434 g/mol. The molecule has 4 rings (SSSR count). The molecule has 0 radical (unpaired) electrons. The topological polar surface area (TPSA) is 60.7 Å². The summed E-state index contributed by atoms with van der Waals surface area (Å²) in [5.41, 5.74) is 4.88. The van der Waals surface area contributed by atoms with Gasteiger partial charge in [-0.1, -0.05) is 18.2 Å². The van der Waals surface area contributed by atoms with E-state index in [0.717, 1.165) is 44.0 Å². The van der Waals surface area contributed by atoms with Gasteiger partial charge >= 0.3 is 0 Å². The summed E-state index contributed by atoms with van der Waals surface area (Å²) in [7, 11) is 3.26. The van der Waals surface area contributed by atoms with Crippen LogP contribution in [0.5, 0.6) is 11.5 Å². The van der Waals surface area contributed by atoms with Crippen LogP contribution in [0.2, 0.25) is 0 Å². The van der Waals surface area contributed by atoms with Crippen molar-refractivity contribution in [3.63, 3.8) is 0 Å². The van der Waals surface area contributed by atoms with Crippen molar-refractivity contribution < 1.29 is 18.7 Å². The van der Waals surface area contributed by atoms with Crippen molar-refractivity contribution in [2.24, 2.45) is 0 Å². The second-order valence-corrected chi connectivity index (χ2v) is 8.32. The molecule has 0 aliphatic heterocycles. The van der Waals surface area contributed by atoms with Crippen LogP contribution in [0.1, 0.15) is 12.5 Å². The standard InChI is InChI=1S/C27H25NO4S/c1-17(13-27(29)28-18-9-11-19(33-4)12-10-18)21-14-22-23(16-32-26(22)15-25(21)31-3)20-7-5-6-8-24(20)30-2/h5-16H,1-4H3,(H,28,29)/b17-13+. The molecule has 0 aliphatic rings. The zero-order valence-electron chi connectivity index (χ0n) is 19.0. The minimum Gasteiger partial charge on any atom is -0.496 e. The number of ether oxygens (including phenoxy) is 2. The monoisotopic (exact) mass is 459 g/mol. The van der Waals surface area contributed by atoms with Gasteiger partial charge in [-0.05, 0) is 55.2 Å². The molecule has 5 nitrogen and oxygen atoms in total. The van der Waals surface area contributed by atoms with E-state index in [1.165, 1.54) is 0 Å². The minimum atomic E-state index is -0.205. The van der Waals surface area contributed by atoms with Gasteiger partial charge in [-0.2, -0.15) is 0 Å². The highest BCUT2D eigenvalue weighted by Crippen LogP contribution is 2.40. The highest BCUT2D eigenvalue weighted by Gasteiger charge is 2.17. The summed E-state index contributed by atoms with van der Waals surface area (Å²) in [6.07, 6.45) is 5.31. The Bertz CT molecular complexity index is 1320. The molecule has 4 aromatic rings. The van der Waals surface area contributed by atoms with Crippen LogP contribution in [0.4, 0.5) is 5.69 Å². The molecule has 0 saturated heterocycles. The first-order valence-corrected chi connectivity index (χ1v) is 11.6. The van der Waals surface area contributed by atoms with E-state index < -0.39 is 0 Å². The molecular formula is C27H25NO4S. The van der Waals surface area contributed by atoms with Gasteiger partial charge in [0.15, 0.2) is 0 Å². The maximum atomic E-state index is 12.7. The van der Waals surface area contributed by atoms with Gasteiger partial charge < -0.3 is 19.2 Å². The first kappa shape index (κ1) is 22.6. The SMILES string of the molecule is COc1cc2occ(-c3ccccc3OC)c2cc1/C(C)=C/C(=O)Nc1ccc(SC)cc1. The fourth-order valence-electron chi connectivity index (χ4n) is 3.73. The summed E-state index contributed by atoms with van der Waals surface area (Å²) in [6, 6.07) is 19.4. The van der Waals surface area contributed by atoms with Crippen LogP contribution >= 0.6 is 11.8 Å². The quantitative estimate of drug-likeness (QED) is 0.241.